The fourth-order valence-corrected chi connectivity index (χ4v) is 1.85. The van der Waals surface area contributed by atoms with Crippen molar-refractivity contribution >= 4 is 17.3 Å². The molecule has 104 valence electrons. The van der Waals surface area contributed by atoms with Gasteiger partial charge in [0.05, 0.1) is 16.3 Å². The van der Waals surface area contributed by atoms with E-state index in [1.54, 1.807) is 26.8 Å². The maximum atomic E-state index is 12.2. The number of benzene rings is 1. The van der Waals surface area contributed by atoms with Gasteiger partial charge in [0.25, 0.3) is 11.6 Å². The zero-order valence-corrected chi connectivity index (χ0v) is 11.3. The highest BCUT2D eigenvalue weighted by molar-refractivity contribution is 6.06. The molecule has 1 aromatic heterocycles. The molecule has 0 aliphatic carbocycles. The number of nitrogens with one attached hydrogen (secondary N) is 1. The van der Waals surface area contributed by atoms with Gasteiger partial charge in [0.1, 0.15) is 11.3 Å². The van der Waals surface area contributed by atoms with Crippen molar-refractivity contribution < 1.29 is 14.2 Å². The van der Waals surface area contributed by atoms with Crippen LogP contribution in [0.5, 0.6) is 0 Å². The molecule has 1 heterocycles. The number of hydrogen-bond acceptors (Lipinski definition) is 5. The third kappa shape index (κ3) is 2.51. The zero-order chi connectivity index (χ0) is 14.9. The number of rotatable bonds is 3. The Kier molecular flexibility index (Phi) is 3.51. The fraction of sp³-hybridized carbons (Fsp3) is 0.231. The lowest BCUT2D eigenvalue weighted by atomic mass is 10.1. The number of nitrogens with zero attached hydrogens (tertiary/aromatic N) is 2. The lowest BCUT2D eigenvalue weighted by Gasteiger charge is -2.07. The second-order valence-corrected chi connectivity index (χ2v) is 4.41. The number of anilines is 1. The zero-order valence-electron chi connectivity index (χ0n) is 11.3. The predicted molar refractivity (Wildman–Crippen MR) is 71.8 cm³/mol. The summed E-state index contributed by atoms with van der Waals surface area (Å²) in [5.41, 5.74) is 1.86. The van der Waals surface area contributed by atoms with Crippen molar-refractivity contribution in [3.05, 3.63) is 50.9 Å². The summed E-state index contributed by atoms with van der Waals surface area (Å²) in [5, 5.41) is 17.1. The molecule has 0 bridgehead atoms. The summed E-state index contributed by atoms with van der Waals surface area (Å²) in [4.78, 5) is 22.4. The smallest absolute Gasteiger partial charge is 0.271 e. The van der Waals surface area contributed by atoms with Crippen molar-refractivity contribution in [3.63, 3.8) is 0 Å². The molecule has 7 nitrogen and oxygen atoms in total. The van der Waals surface area contributed by atoms with Crippen molar-refractivity contribution in [1.82, 2.24) is 5.16 Å². The first-order valence-corrected chi connectivity index (χ1v) is 5.89. The number of carbonyl (C=O) groups excluding carboxylic acids is 1. The lowest BCUT2D eigenvalue weighted by molar-refractivity contribution is -0.384. The maximum Gasteiger partial charge on any atom is 0.271 e. The van der Waals surface area contributed by atoms with E-state index in [-0.39, 0.29) is 5.69 Å². The normalized spacial score (nSPS) is 10.3. The summed E-state index contributed by atoms with van der Waals surface area (Å²) >= 11 is 0. The summed E-state index contributed by atoms with van der Waals surface area (Å²) in [5.74, 6) is 0.00734. The fourth-order valence-electron chi connectivity index (χ4n) is 1.85. The van der Waals surface area contributed by atoms with Crippen LogP contribution < -0.4 is 5.32 Å². The van der Waals surface area contributed by atoms with Gasteiger partial charge < -0.3 is 9.84 Å². The van der Waals surface area contributed by atoms with Gasteiger partial charge in [0.15, 0.2) is 0 Å². The van der Waals surface area contributed by atoms with E-state index in [9.17, 15) is 14.9 Å². The van der Waals surface area contributed by atoms with Gasteiger partial charge in [-0.25, -0.2) is 0 Å². The number of nitro groups is 1. The Bertz CT molecular complexity index is 671. The van der Waals surface area contributed by atoms with Crippen LogP contribution in [0.3, 0.4) is 0 Å². The molecule has 20 heavy (non-hydrogen) atoms. The van der Waals surface area contributed by atoms with Crippen LogP contribution in [0.15, 0.2) is 22.7 Å². The van der Waals surface area contributed by atoms with Crippen LogP contribution in [0.1, 0.15) is 27.4 Å². The van der Waals surface area contributed by atoms with E-state index in [1.807, 2.05) is 0 Å². The van der Waals surface area contributed by atoms with E-state index >= 15 is 0 Å². The molecule has 0 saturated heterocycles. The number of aryl methyl sites for hydroxylation is 3. The second-order valence-electron chi connectivity index (χ2n) is 4.41. The molecule has 0 unspecified atom stereocenters. The Balaban J connectivity index is 2.33. The average Bonchev–Trinajstić information content (AvgIpc) is 2.71. The molecule has 1 aromatic carbocycles. The molecule has 7 heteroatoms. The second kappa shape index (κ2) is 5.12. The van der Waals surface area contributed by atoms with Gasteiger partial charge in [-0.15, -0.1) is 0 Å². The number of nitro benzene ring substituents is 1. The third-order valence-corrected chi connectivity index (χ3v) is 2.94. The molecule has 2 rings (SSSR count). The van der Waals surface area contributed by atoms with Crippen molar-refractivity contribution in [3.8, 4) is 0 Å². The molecule has 2 aromatic rings. The topological polar surface area (TPSA) is 98.3 Å². The number of aromatic nitrogens is 1. The van der Waals surface area contributed by atoms with Crippen LogP contribution in [0.2, 0.25) is 0 Å². The van der Waals surface area contributed by atoms with Gasteiger partial charge in [-0.2, -0.15) is 0 Å². The highest BCUT2D eigenvalue weighted by atomic mass is 16.6. The van der Waals surface area contributed by atoms with E-state index < -0.39 is 10.8 Å². The first-order chi connectivity index (χ1) is 9.40. The van der Waals surface area contributed by atoms with Gasteiger partial charge in [0.2, 0.25) is 0 Å². The summed E-state index contributed by atoms with van der Waals surface area (Å²) in [6.07, 6.45) is 0. The van der Waals surface area contributed by atoms with Crippen LogP contribution in [0, 0.1) is 30.9 Å². The minimum Gasteiger partial charge on any atom is -0.361 e. The highest BCUT2D eigenvalue weighted by Gasteiger charge is 2.19. The minimum absolute atomic E-state index is 0.0790. The number of hydrogen-bond donors (Lipinski definition) is 1. The lowest BCUT2D eigenvalue weighted by Crippen LogP contribution is -2.14. The van der Waals surface area contributed by atoms with Crippen molar-refractivity contribution in [2.45, 2.75) is 20.8 Å². The monoisotopic (exact) mass is 275 g/mol. The van der Waals surface area contributed by atoms with Crippen molar-refractivity contribution in [2.75, 3.05) is 5.32 Å². The van der Waals surface area contributed by atoms with E-state index in [4.69, 9.17) is 4.52 Å². The molecule has 0 aliphatic rings. The van der Waals surface area contributed by atoms with Crippen LogP contribution in [-0.4, -0.2) is 16.0 Å². The summed E-state index contributed by atoms with van der Waals surface area (Å²) < 4.78 is 4.93. The molecule has 0 spiro atoms. The van der Waals surface area contributed by atoms with Crippen LogP contribution in [-0.2, 0) is 0 Å². The molecular weight excluding hydrogens is 262 g/mol. The number of amides is 1. The molecule has 0 saturated carbocycles. The Labute approximate surface area is 114 Å². The van der Waals surface area contributed by atoms with Crippen molar-refractivity contribution in [2.24, 2.45) is 0 Å². The molecular formula is C13H13N3O4. The summed E-state index contributed by atoms with van der Waals surface area (Å²) in [6.45, 7) is 5.05. The van der Waals surface area contributed by atoms with E-state index in [0.717, 1.165) is 5.56 Å². The molecule has 0 atom stereocenters. The summed E-state index contributed by atoms with van der Waals surface area (Å²) in [6, 6.07) is 4.30. The standard InChI is InChI=1S/C13H13N3O4/c1-7-4-5-10(16(18)19)6-11(7)14-13(17)12-8(2)15-20-9(12)3/h4-6H,1-3H3,(H,14,17). The third-order valence-electron chi connectivity index (χ3n) is 2.94. The predicted octanol–water partition coefficient (Wildman–Crippen LogP) is 2.76. The first kappa shape index (κ1) is 13.7. The largest absolute Gasteiger partial charge is 0.361 e. The van der Waals surface area contributed by atoms with Crippen LogP contribution in [0.4, 0.5) is 11.4 Å². The van der Waals surface area contributed by atoms with E-state index in [1.165, 1.54) is 12.1 Å². The molecule has 0 fully saturated rings. The van der Waals surface area contributed by atoms with Crippen molar-refractivity contribution in [1.29, 1.82) is 0 Å². The highest BCUT2D eigenvalue weighted by Crippen LogP contribution is 2.23. The van der Waals surface area contributed by atoms with Gasteiger partial charge >= 0.3 is 0 Å². The van der Waals surface area contributed by atoms with Gasteiger partial charge in [-0.3, -0.25) is 14.9 Å². The summed E-state index contributed by atoms with van der Waals surface area (Å²) in [7, 11) is 0. The number of carbonyl (C=O) groups is 1. The Morgan fingerprint density at radius 3 is 2.60 bits per heavy atom. The molecule has 1 N–H and O–H groups in total. The Morgan fingerprint density at radius 2 is 2.05 bits per heavy atom. The van der Waals surface area contributed by atoms with E-state index in [0.29, 0.717) is 22.7 Å². The Morgan fingerprint density at radius 1 is 1.35 bits per heavy atom. The number of non-ortho nitro benzene ring substituents is 1. The Hall–Kier alpha value is -2.70. The van der Waals surface area contributed by atoms with Gasteiger partial charge in [-0.1, -0.05) is 11.2 Å². The van der Waals surface area contributed by atoms with Crippen LogP contribution >= 0.6 is 0 Å². The first-order valence-electron chi connectivity index (χ1n) is 5.89. The molecule has 1 amide bonds. The SMILES string of the molecule is Cc1ccc([N+](=O)[O-])cc1NC(=O)c1c(C)noc1C. The van der Waals surface area contributed by atoms with Crippen LogP contribution in [0.25, 0.3) is 0 Å². The average molecular weight is 275 g/mol. The van der Waals surface area contributed by atoms with Gasteiger partial charge in [0, 0.05) is 12.1 Å². The quantitative estimate of drug-likeness (QED) is 0.686. The maximum absolute atomic E-state index is 12.2. The van der Waals surface area contributed by atoms with E-state index in [2.05, 4.69) is 10.5 Å². The minimum atomic E-state index is -0.509. The molecule has 0 aliphatic heterocycles. The molecule has 0 radical (unpaired) electrons. The van der Waals surface area contributed by atoms with Gasteiger partial charge in [-0.05, 0) is 26.3 Å².